The largest absolute Gasteiger partial charge is 0.416 e. The van der Waals surface area contributed by atoms with E-state index in [4.69, 9.17) is 0 Å². The number of Topliss-reactive ketones (excluding diaryl/α,β-unsaturated/α-hetero) is 1. The fourth-order valence-electron chi connectivity index (χ4n) is 3.15. The van der Waals surface area contributed by atoms with E-state index in [9.17, 15) is 18.0 Å². The maximum Gasteiger partial charge on any atom is 0.416 e. The Morgan fingerprint density at radius 2 is 1.83 bits per heavy atom. The normalized spacial score (nSPS) is 21.6. The molecule has 0 unspecified atom stereocenters. The first-order valence-electron chi connectivity index (χ1n) is 6.17. The molecule has 0 radical (unpaired) electrons. The predicted octanol–water partition coefficient (Wildman–Crippen LogP) is 4.10. The SMILES string of the molecule is O=C1CCC2(CCC2)c2cc(C(F)(F)F)ccc21. The van der Waals surface area contributed by atoms with Crippen LogP contribution in [0.25, 0.3) is 0 Å². The Balaban J connectivity index is 2.14. The van der Waals surface area contributed by atoms with Crippen molar-refractivity contribution in [2.75, 3.05) is 0 Å². The van der Waals surface area contributed by atoms with Crippen molar-refractivity contribution in [2.45, 2.75) is 43.7 Å². The van der Waals surface area contributed by atoms with E-state index in [0.717, 1.165) is 25.3 Å². The highest BCUT2D eigenvalue weighted by atomic mass is 19.4. The first kappa shape index (κ1) is 11.8. The summed E-state index contributed by atoms with van der Waals surface area (Å²) in [6.07, 6.45) is -0.286. The van der Waals surface area contributed by atoms with Crippen molar-refractivity contribution in [3.05, 3.63) is 34.9 Å². The van der Waals surface area contributed by atoms with Gasteiger partial charge in [0.1, 0.15) is 0 Å². The Morgan fingerprint density at radius 1 is 1.11 bits per heavy atom. The smallest absolute Gasteiger partial charge is 0.294 e. The maximum atomic E-state index is 12.7. The van der Waals surface area contributed by atoms with Crippen molar-refractivity contribution in [1.82, 2.24) is 0 Å². The number of ketones is 1. The zero-order chi connectivity index (χ0) is 13.0. The van der Waals surface area contributed by atoms with E-state index in [1.807, 2.05) is 0 Å². The topological polar surface area (TPSA) is 17.1 Å². The molecule has 1 saturated carbocycles. The first-order valence-corrected chi connectivity index (χ1v) is 6.17. The van der Waals surface area contributed by atoms with Crippen molar-refractivity contribution in [2.24, 2.45) is 0 Å². The quantitative estimate of drug-likeness (QED) is 0.681. The molecule has 0 heterocycles. The molecule has 0 atom stereocenters. The lowest BCUT2D eigenvalue weighted by molar-refractivity contribution is -0.137. The van der Waals surface area contributed by atoms with Crippen LogP contribution in [0.3, 0.4) is 0 Å². The molecular formula is C14H13F3O. The molecule has 1 fully saturated rings. The van der Waals surface area contributed by atoms with E-state index in [0.29, 0.717) is 24.0 Å². The number of halogens is 3. The zero-order valence-corrected chi connectivity index (χ0v) is 9.81. The molecule has 4 heteroatoms. The first-order chi connectivity index (χ1) is 8.42. The number of alkyl halides is 3. The van der Waals surface area contributed by atoms with Crippen LogP contribution in [0.5, 0.6) is 0 Å². The van der Waals surface area contributed by atoms with E-state index in [-0.39, 0.29) is 11.2 Å². The predicted molar refractivity (Wildman–Crippen MR) is 60.5 cm³/mol. The second kappa shape index (κ2) is 3.59. The van der Waals surface area contributed by atoms with Gasteiger partial charge in [0.2, 0.25) is 0 Å². The number of rotatable bonds is 0. The van der Waals surface area contributed by atoms with Gasteiger partial charge in [-0.05, 0) is 42.4 Å². The van der Waals surface area contributed by atoms with Gasteiger partial charge in [-0.3, -0.25) is 4.79 Å². The summed E-state index contributed by atoms with van der Waals surface area (Å²) in [6, 6.07) is 3.58. The van der Waals surface area contributed by atoms with Crippen LogP contribution >= 0.6 is 0 Å². The van der Waals surface area contributed by atoms with Crippen molar-refractivity contribution in [3.63, 3.8) is 0 Å². The van der Waals surface area contributed by atoms with E-state index < -0.39 is 11.7 Å². The molecule has 96 valence electrons. The molecule has 1 aromatic carbocycles. The Hall–Kier alpha value is -1.32. The van der Waals surface area contributed by atoms with E-state index in [2.05, 4.69) is 0 Å². The van der Waals surface area contributed by atoms with Crippen LogP contribution in [0.15, 0.2) is 18.2 Å². The monoisotopic (exact) mass is 254 g/mol. The molecule has 0 aliphatic heterocycles. The summed E-state index contributed by atoms with van der Waals surface area (Å²) < 4.78 is 38.2. The Labute approximate surface area is 103 Å². The van der Waals surface area contributed by atoms with Crippen molar-refractivity contribution < 1.29 is 18.0 Å². The third-order valence-electron chi connectivity index (χ3n) is 4.36. The summed E-state index contributed by atoms with van der Waals surface area (Å²) in [5.41, 5.74) is 0.362. The minimum Gasteiger partial charge on any atom is -0.294 e. The number of benzene rings is 1. The molecule has 1 spiro atoms. The van der Waals surface area contributed by atoms with E-state index in [1.54, 1.807) is 0 Å². The van der Waals surface area contributed by atoms with E-state index in [1.165, 1.54) is 12.1 Å². The van der Waals surface area contributed by atoms with Crippen molar-refractivity contribution >= 4 is 5.78 Å². The van der Waals surface area contributed by atoms with Crippen molar-refractivity contribution in [1.29, 1.82) is 0 Å². The summed E-state index contributed by atoms with van der Waals surface area (Å²) in [7, 11) is 0. The molecule has 0 N–H and O–H groups in total. The Bertz CT molecular complexity index is 512. The summed E-state index contributed by atoms with van der Waals surface area (Å²) >= 11 is 0. The molecule has 1 aromatic rings. The fourth-order valence-corrected chi connectivity index (χ4v) is 3.15. The van der Waals surface area contributed by atoms with Gasteiger partial charge in [0.25, 0.3) is 0 Å². The van der Waals surface area contributed by atoms with Crippen LogP contribution in [0.4, 0.5) is 13.2 Å². The third-order valence-corrected chi connectivity index (χ3v) is 4.36. The lowest BCUT2D eigenvalue weighted by Crippen LogP contribution is -2.39. The second-order valence-electron chi connectivity index (χ2n) is 5.32. The molecule has 0 bridgehead atoms. The summed E-state index contributed by atoms with van der Waals surface area (Å²) in [5, 5.41) is 0. The number of fused-ring (bicyclic) bond motifs is 2. The summed E-state index contributed by atoms with van der Waals surface area (Å²) in [6.45, 7) is 0. The van der Waals surface area contributed by atoms with E-state index >= 15 is 0 Å². The third kappa shape index (κ3) is 1.58. The molecule has 1 nitrogen and oxygen atoms in total. The van der Waals surface area contributed by atoms with Gasteiger partial charge in [-0.2, -0.15) is 13.2 Å². The molecule has 2 aliphatic rings. The summed E-state index contributed by atoms with van der Waals surface area (Å²) in [5.74, 6) is -0.0174. The highest BCUT2D eigenvalue weighted by Crippen LogP contribution is 2.51. The Morgan fingerprint density at radius 3 is 2.39 bits per heavy atom. The fraction of sp³-hybridized carbons (Fsp3) is 0.500. The molecule has 0 saturated heterocycles. The van der Waals surface area contributed by atoms with Gasteiger partial charge >= 0.3 is 6.18 Å². The lowest BCUT2D eigenvalue weighted by atomic mass is 9.58. The highest BCUT2D eigenvalue weighted by molar-refractivity contribution is 5.99. The molecule has 2 aliphatic carbocycles. The van der Waals surface area contributed by atoms with Crippen LogP contribution in [0.2, 0.25) is 0 Å². The maximum absolute atomic E-state index is 12.7. The van der Waals surface area contributed by atoms with Crippen LogP contribution in [0.1, 0.15) is 53.6 Å². The average molecular weight is 254 g/mol. The van der Waals surface area contributed by atoms with Crippen LogP contribution in [-0.4, -0.2) is 5.78 Å². The van der Waals surface area contributed by atoms with Gasteiger partial charge in [0.05, 0.1) is 5.56 Å². The van der Waals surface area contributed by atoms with Gasteiger partial charge in [0, 0.05) is 12.0 Å². The number of hydrogen-bond donors (Lipinski definition) is 0. The van der Waals surface area contributed by atoms with Crippen LogP contribution in [-0.2, 0) is 11.6 Å². The number of hydrogen-bond acceptors (Lipinski definition) is 1. The van der Waals surface area contributed by atoms with Gasteiger partial charge in [0.15, 0.2) is 5.78 Å². The highest BCUT2D eigenvalue weighted by Gasteiger charge is 2.45. The van der Waals surface area contributed by atoms with Gasteiger partial charge in [-0.25, -0.2) is 0 Å². The van der Waals surface area contributed by atoms with Gasteiger partial charge in [-0.1, -0.05) is 12.5 Å². The molecule has 18 heavy (non-hydrogen) atoms. The second-order valence-corrected chi connectivity index (χ2v) is 5.32. The standard InChI is InChI=1S/C14H13F3O/c15-14(16,17)9-2-3-10-11(8-9)13(5-1-6-13)7-4-12(10)18/h2-3,8H,1,4-7H2. The van der Waals surface area contributed by atoms with Gasteiger partial charge < -0.3 is 0 Å². The zero-order valence-electron chi connectivity index (χ0n) is 9.81. The minimum atomic E-state index is -4.33. The van der Waals surface area contributed by atoms with Crippen LogP contribution in [0, 0.1) is 0 Å². The number of carbonyl (C=O) groups excluding carboxylic acids is 1. The number of carbonyl (C=O) groups is 1. The Kier molecular flexibility index (Phi) is 2.34. The molecule has 0 aromatic heterocycles. The minimum absolute atomic E-state index is 0.0174. The molecule has 0 amide bonds. The van der Waals surface area contributed by atoms with Gasteiger partial charge in [-0.15, -0.1) is 0 Å². The van der Waals surface area contributed by atoms with Crippen LogP contribution < -0.4 is 0 Å². The lowest BCUT2D eigenvalue weighted by Gasteiger charge is -2.46. The molecule has 3 rings (SSSR count). The molecular weight excluding hydrogens is 241 g/mol. The summed E-state index contributed by atoms with van der Waals surface area (Å²) in [4.78, 5) is 11.8. The average Bonchev–Trinajstić information content (AvgIpc) is 2.26. The van der Waals surface area contributed by atoms with Crippen molar-refractivity contribution in [3.8, 4) is 0 Å².